The Morgan fingerprint density at radius 2 is 2.33 bits per heavy atom. The Morgan fingerprint density at radius 1 is 1.50 bits per heavy atom. The average Bonchev–Trinajstić information content (AvgIpc) is 2.39. The summed E-state index contributed by atoms with van der Waals surface area (Å²) < 4.78 is 18.3. The lowest BCUT2D eigenvalue weighted by Crippen LogP contribution is -2.31. The quantitative estimate of drug-likeness (QED) is 0.906. The summed E-state index contributed by atoms with van der Waals surface area (Å²) in [6, 6.07) is 4.73. The number of hydrogen-bond acceptors (Lipinski definition) is 2. The van der Waals surface area contributed by atoms with Crippen molar-refractivity contribution in [1.82, 2.24) is 5.32 Å². The van der Waals surface area contributed by atoms with Gasteiger partial charge in [-0.15, -0.1) is 0 Å². The van der Waals surface area contributed by atoms with E-state index in [2.05, 4.69) is 5.32 Å². The maximum absolute atomic E-state index is 13.0. The highest BCUT2D eigenvalue weighted by molar-refractivity contribution is 6.31. The third-order valence-electron chi connectivity index (χ3n) is 3.20. The molecule has 1 aliphatic rings. The summed E-state index contributed by atoms with van der Waals surface area (Å²) in [6.07, 6.45) is 4.65. The molecule has 0 amide bonds. The van der Waals surface area contributed by atoms with E-state index in [4.69, 9.17) is 16.3 Å². The zero-order valence-electron chi connectivity index (χ0n) is 10.4. The van der Waals surface area contributed by atoms with E-state index >= 15 is 0 Å². The van der Waals surface area contributed by atoms with Crippen LogP contribution in [0.2, 0.25) is 5.02 Å². The van der Waals surface area contributed by atoms with Crippen molar-refractivity contribution in [2.24, 2.45) is 0 Å². The highest BCUT2D eigenvalue weighted by Crippen LogP contribution is 2.23. The first-order valence-electron chi connectivity index (χ1n) is 6.12. The zero-order valence-corrected chi connectivity index (χ0v) is 11.1. The molecule has 0 radical (unpaired) electrons. The molecular formula is C14H17ClFNO. The molecule has 1 aromatic rings. The Bertz CT molecular complexity index is 447. The number of halogens is 2. The van der Waals surface area contributed by atoms with Gasteiger partial charge in [0.25, 0.3) is 0 Å². The molecule has 1 aliphatic heterocycles. The summed E-state index contributed by atoms with van der Waals surface area (Å²) in [5.74, 6) is -0.301. The Hall–Kier alpha value is -1.06. The summed E-state index contributed by atoms with van der Waals surface area (Å²) in [5, 5.41) is 3.74. The average molecular weight is 270 g/mol. The number of likely N-dealkylation sites (N-methyl/N-ethyl adjacent to an activating group) is 1. The Morgan fingerprint density at radius 3 is 2.94 bits per heavy atom. The van der Waals surface area contributed by atoms with Crippen LogP contribution in [0.4, 0.5) is 4.39 Å². The molecule has 0 spiro atoms. The Balaban J connectivity index is 2.12. The topological polar surface area (TPSA) is 21.3 Å². The summed E-state index contributed by atoms with van der Waals surface area (Å²) in [4.78, 5) is 0. The molecule has 0 saturated heterocycles. The second-order valence-corrected chi connectivity index (χ2v) is 4.86. The third kappa shape index (κ3) is 3.24. The summed E-state index contributed by atoms with van der Waals surface area (Å²) in [6.45, 7) is 0.789. The Labute approximate surface area is 112 Å². The lowest BCUT2D eigenvalue weighted by atomic mass is 9.96. The predicted molar refractivity (Wildman–Crippen MR) is 71.2 cm³/mol. The fraction of sp³-hybridized carbons (Fsp3) is 0.429. The SMILES string of the molecule is CNC(Cc1ccc(F)cc1Cl)C1=COCCC1. The van der Waals surface area contributed by atoms with Gasteiger partial charge < -0.3 is 10.1 Å². The summed E-state index contributed by atoms with van der Waals surface area (Å²) >= 11 is 6.05. The van der Waals surface area contributed by atoms with Gasteiger partial charge in [0.05, 0.1) is 12.9 Å². The zero-order chi connectivity index (χ0) is 13.0. The van der Waals surface area contributed by atoms with Crippen LogP contribution < -0.4 is 5.32 Å². The van der Waals surface area contributed by atoms with E-state index in [0.29, 0.717) is 5.02 Å². The van der Waals surface area contributed by atoms with E-state index in [0.717, 1.165) is 31.4 Å². The van der Waals surface area contributed by atoms with Crippen molar-refractivity contribution in [2.75, 3.05) is 13.7 Å². The molecule has 1 atom stereocenters. The van der Waals surface area contributed by atoms with Crippen molar-refractivity contribution in [3.8, 4) is 0 Å². The van der Waals surface area contributed by atoms with Gasteiger partial charge in [-0.3, -0.25) is 0 Å². The van der Waals surface area contributed by atoms with Gasteiger partial charge in [0.2, 0.25) is 0 Å². The third-order valence-corrected chi connectivity index (χ3v) is 3.55. The molecular weight excluding hydrogens is 253 g/mol. The maximum Gasteiger partial charge on any atom is 0.124 e. The van der Waals surface area contributed by atoms with Crippen LogP contribution in [0, 0.1) is 5.82 Å². The standard InChI is InChI=1S/C14H17ClFNO/c1-17-14(11-3-2-6-18-9-11)7-10-4-5-12(16)8-13(10)15/h4-5,8-9,14,17H,2-3,6-7H2,1H3. The van der Waals surface area contributed by atoms with E-state index < -0.39 is 0 Å². The fourth-order valence-electron chi connectivity index (χ4n) is 2.17. The lowest BCUT2D eigenvalue weighted by Gasteiger charge is -2.23. The largest absolute Gasteiger partial charge is 0.501 e. The van der Waals surface area contributed by atoms with Crippen LogP contribution in [0.25, 0.3) is 0 Å². The van der Waals surface area contributed by atoms with Crippen molar-refractivity contribution in [2.45, 2.75) is 25.3 Å². The lowest BCUT2D eigenvalue weighted by molar-refractivity contribution is 0.219. The van der Waals surface area contributed by atoms with Gasteiger partial charge in [0.1, 0.15) is 5.82 Å². The van der Waals surface area contributed by atoms with E-state index in [1.807, 2.05) is 13.3 Å². The number of hydrogen-bond donors (Lipinski definition) is 1. The fourth-order valence-corrected chi connectivity index (χ4v) is 2.41. The first-order valence-corrected chi connectivity index (χ1v) is 6.50. The highest BCUT2D eigenvalue weighted by Gasteiger charge is 2.17. The van der Waals surface area contributed by atoms with Crippen LogP contribution in [-0.2, 0) is 11.2 Å². The van der Waals surface area contributed by atoms with Gasteiger partial charge >= 0.3 is 0 Å². The molecule has 2 rings (SSSR count). The molecule has 1 N–H and O–H groups in total. The highest BCUT2D eigenvalue weighted by atomic mass is 35.5. The maximum atomic E-state index is 13.0. The van der Waals surface area contributed by atoms with Crippen molar-refractivity contribution >= 4 is 11.6 Å². The smallest absolute Gasteiger partial charge is 0.124 e. The van der Waals surface area contributed by atoms with Crippen LogP contribution in [-0.4, -0.2) is 19.7 Å². The minimum atomic E-state index is -0.301. The van der Waals surface area contributed by atoms with Crippen molar-refractivity contribution in [3.05, 3.63) is 46.4 Å². The second-order valence-electron chi connectivity index (χ2n) is 4.45. The predicted octanol–water partition coefficient (Wildman–Crippen LogP) is 3.30. The minimum Gasteiger partial charge on any atom is -0.501 e. The summed E-state index contributed by atoms with van der Waals surface area (Å²) in [7, 11) is 1.91. The number of ether oxygens (including phenoxy) is 1. The molecule has 0 aliphatic carbocycles. The minimum absolute atomic E-state index is 0.188. The van der Waals surface area contributed by atoms with Crippen LogP contribution in [0.15, 0.2) is 30.0 Å². The van der Waals surface area contributed by atoms with Gasteiger partial charge in [0.15, 0.2) is 0 Å². The van der Waals surface area contributed by atoms with Crippen LogP contribution in [0.1, 0.15) is 18.4 Å². The summed E-state index contributed by atoms with van der Waals surface area (Å²) in [5.41, 5.74) is 2.19. The van der Waals surface area contributed by atoms with Gasteiger partial charge in [-0.1, -0.05) is 17.7 Å². The number of benzene rings is 1. The van der Waals surface area contributed by atoms with Crippen molar-refractivity contribution in [1.29, 1.82) is 0 Å². The van der Waals surface area contributed by atoms with Gasteiger partial charge in [-0.2, -0.15) is 0 Å². The van der Waals surface area contributed by atoms with Crippen LogP contribution in [0.5, 0.6) is 0 Å². The van der Waals surface area contributed by atoms with Gasteiger partial charge in [0, 0.05) is 11.1 Å². The first-order chi connectivity index (χ1) is 8.70. The molecule has 0 fully saturated rings. The molecule has 0 bridgehead atoms. The number of rotatable bonds is 4. The van der Waals surface area contributed by atoms with Crippen LogP contribution in [0.3, 0.4) is 0 Å². The number of nitrogens with one attached hydrogen (secondary N) is 1. The molecule has 1 aromatic carbocycles. The molecule has 2 nitrogen and oxygen atoms in total. The molecule has 0 aromatic heterocycles. The molecule has 1 heterocycles. The van der Waals surface area contributed by atoms with Crippen molar-refractivity contribution in [3.63, 3.8) is 0 Å². The molecule has 1 unspecified atom stereocenters. The van der Waals surface area contributed by atoms with Crippen molar-refractivity contribution < 1.29 is 9.13 Å². The molecule has 0 saturated carbocycles. The van der Waals surface area contributed by atoms with Crippen LogP contribution >= 0.6 is 11.6 Å². The second kappa shape index (κ2) is 6.21. The molecule has 4 heteroatoms. The van der Waals surface area contributed by atoms with Gasteiger partial charge in [-0.25, -0.2) is 4.39 Å². The van der Waals surface area contributed by atoms with Gasteiger partial charge in [-0.05, 0) is 49.6 Å². The molecule has 98 valence electrons. The van der Waals surface area contributed by atoms with E-state index in [-0.39, 0.29) is 11.9 Å². The van der Waals surface area contributed by atoms with E-state index in [1.165, 1.54) is 17.7 Å². The first kappa shape index (κ1) is 13.4. The van der Waals surface area contributed by atoms with E-state index in [9.17, 15) is 4.39 Å². The monoisotopic (exact) mass is 269 g/mol. The van der Waals surface area contributed by atoms with E-state index in [1.54, 1.807) is 6.07 Å². The Kier molecular flexibility index (Phi) is 4.61. The molecule has 18 heavy (non-hydrogen) atoms. The normalized spacial score (nSPS) is 16.9.